The molecule has 0 aromatic heterocycles. The van der Waals surface area contributed by atoms with Gasteiger partial charge in [0.2, 0.25) is 0 Å². The van der Waals surface area contributed by atoms with E-state index < -0.39 is 6.10 Å². The van der Waals surface area contributed by atoms with Crippen LogP contribution in [0, 0.1) is 6.92 Å². The highest BCUT2D eigenvalue weighted by Crippen LogP contribution is 2.25. The van der Waals surface area contributed by atoms with Crippen molar-refractivity contribution < 1.29 is 14.3 Å². The van der Waals surface area contributed by atoms with Gasteiger partial charge in [-0.2, -0.15) is 0 Å². The van der Waals surface area contributed by atoms with Crippen molar-refractivity contribution >= 4 is 29.9 Å². The quantitative estimate of drug-likeness (QED) is 0.853. The van der Waals surface area contributed by atoms with Crippen LogP contribution in [0.5, 0.6) is 0 Å². The van der Waals surface area contributed by atoms with Crippen LogP contribution in [-0.4, -0.2) is 48.6 Å². The van der Waals surface area contributed by atoms with Gasteiger partial charge >= 0.3 is 0 Å². The van der Waals surface area contributed by atoms with E-state index >= 15 is 0 Å². The van der Waals surface area contributed by atoms with E-state index in [1.165, 1.54) is 0 Å². The highest BCUT2D eigenvalue weighted by molar-refractivity contribution is 6.05. The Bertz CT molecular complexity index is 632. The summed E-state index contributed by atoms with van der Waals surface area (Å²) in [5, 5.41) is 2.89. The van der Waals surface area contributed by atoms with E-state index in [0.29, 0.717) is 24.2 Å². The monoisotopic (exact) mass is 367 g/mol. The fourth-order valence-electron chi connectivity index (χ4n) is 3.42. The van der Waals surface area contributed by atoms with Crippen LogP contribution < -0.4 is 11.1 Å². The van der Waals surface area contributed by atoms with Crippen LogP contribution in [0.25, 0.3) is 0 Å². The summed E-state index contributed by atoms with van der Waals surface area (Å²) in [5.41, 5.74) is 7.62. The number of likely N-dealkylation sites (tertiary alicyclic amines) is 1. The number of amides is 2. The van der Waals surface area contributed by atoms with Crippen LogP contribution in [0.15, 0.2) is 18.2 Å². The third-order valence-corrected chi connectivity index (χ3v) is 4.80. The van der Waals surface area contributed by atoms with Gasteiger partial charge in [0.25, 0.3) is 11.8 Å². The highest BCUT2D eigenvalue weighted by atomic mass is 35.5. The zero-order valence-electron chi connectivity index (χ0n) is 14.5. The molecule has 0 aliphatic carbocycles. The van der Waals surface area contributed by atoms with E-state index in [0.717, 1.165) is 37.9 Å². The molecule has 2 aliphatic rings. The molecular formula is C18H26ClN3O3. The van der Waals surface area contributed by atoms with Gasteiger partial charge in [-0.1, -0.05) is 12.1 Å². The molecule has 0 spiro atoms. The number of ether oxygens (including phenoxy) is 1. The third kappa shape index (κ3) is 4.32. The first-order valence-corrected chi connectivity index (χ1v) is 8.65. The van der Waals surface area contributed by atoms with Gasteiger partial charge in [-0.3, -0.25) is 9.59 Å². The van der Waals surface area contributed by atoms with Crippen LogP contribution >= 0.6 is 12.4 Å². The van der Waals surface area contributed by atoms with E-state index in [1.807, 2.05) is 24.0 Å². The molecule has 25 heavy (non-hydrogen) atoms. The molecule has 2 amide bonds. The molecule has 3 N–H and O–H groups in total. The maximum atomic E-state index is 12.8. The van der Waals surface area contributed by atoms with E-state index in [9.17, 15) is 9.59 Å². The normalized spacial score (nSPS) is 22.6. The standard InChI is InChI=1S/C18H25N3O3.ClH/c1-12-5-4-6-14(16(12)18(23)21-9-2-3-10-21)20-17(22)15-8-7-13(11-19)24-15;/h4-6,13,15H,2-3,7-11,19H2,1H3,(H,20,22);1H/t13-,15+;/m1./s1. The highest BCUT2D eigenvalue weighted by Gasteiger charge is 2.31. The minimum Gasteiger partial charge on any atom is -0.364 e. The number of nitrogens with one attached hydrogen (secondary N) is 1. The molecule has 138 valence electrons. The van der Waals surface area contributed by atoms with Gasteiger partial charge in [-0.25, -0.2) is 0 Å². The molecule has 0 unspecified atom stereocenters. The zero-order valence-corrected chi connectivity index (χ0v) is 15.3. The molecule has 0 radical (unpaired) electrons. The number of carbonyl (C=O) groups is 2. The summed E-state index contributed by atoms with van der Waals surface area (Å²) in [4.78, 5) is 27.2. The van der Waals surface area contributed by atoms with Crippen molar-refractivity contribution in [3.63, 3.8) is 0 Å². The molecule has 2 saturated heterocycles. The Labute approximate surface area is 154 Å². The number of nitrogens with zero attached hydrogens (tertiary/aromatic N) is 1. The number of hydrogen-bond acceptors (Lipinski definition) is 4. The lowest BCUT2D eigenvalue weighted by Crippen LogP contribution is -2.32. The zero-order chi connectivity index (χ0) is 17.1. The Morgan fingerprint density at radius 2 is 2.00 bits per heavy atom. The molecular weight excluding hydrogens is 342 g/mol. The number of aryl methyl sites for hydroxylation is 1. The minimum absolute atomic E-state index is 0. The summed E-state index contributed by atoms with van der Waals surface area (Å²) in [7, 11) is 0. The smallest absolute Gasteiger partial charge is 0.256 e. The Balaban J connectivity index is 0.00000225. The predicted octanol–water partition coefficient (Wildman–Crippen LogP) is 2.10. The van der Waals surface area contributed by atoms with Crippen LogP contribution in [0.2, 0.25) is 0 Å². The molecule has 6 nitrogen and oxygen atoms in total. The van der Waals surface area contributed by atoms with Crippen molar-refractivity contribution in [2.24, 2.45) is 5.73 Å². The molecule has 2 atom stereocenters. The number of benzene rings is 1. The van der Waals surface area contributed by atoms with E-state index in [-0.39, 0.29) is 30.3 Å². The van der Waals surface area contributed by atoms with Gasteiger partial charge in [-0.05, 0) is 44.2 Å². The van der Waals surface area contributed by atoms with Crippen molar-refractivity contribution in [3.8, 4) is 0 Å². The third-order valence-electron chi connectivity index (χ3n) is 4.80. The van der Waals surface area contributed by atoms with Gasteiger partial charge < -0.3 is 20.7 Å². The van der Waals surface area contributed by atoms with Gasteiger partial charge in [0.1, 0.15) is 6.10 Å². The molecule has 0 bridgehead atoms. The molecule has 1 aromatic rings. The Morgan fingerprint density at radius 1 is 1.28 bits per heavy atom. The predicted molar refractivity (Wildman–Crippen MR) is 99.1 cm³/mol. The topological polar surface area (TPSA) is 84.7 Å². The average molecular weight is 368 g/mol. The van der Waals surface area contributed by atoms with Crippen LogP contribution in [0.3, 0.4) is 0 Å². The van der Waals surface area contributed by atoms with E-state index in [1.54, 1.807) is 6.07 Å². The van der Waals surface area contributed by atoms with E-state index in [4.69, 9.17) is 10.5 Å². The first kappa shape index (κ1) is 19.7. The molecule has 2 aliphatic heterocycles. The van der Waals surface area contributed by atoms with Gasteiger partial charge in [0.15, 0.2) is 0 Å². The maximum Gasteiger partial charge on any atom is 0.256 e. The van der Waals surface area contributed by atoms with Crippen LogP contribution in [-0.2, 0) is 9.53 Å². The second-order valence-corrected chi connectivity index (χ2v) is 6.55. The number of nitrogens with two attached hydrogens (primary N) is 1. The fraction of sp³-hybridized carbons (Fsp3) is 0.556. The van der Waals surface area contributed by atoms with Gasteiger partial charge in [-0.15, -0.1) is 12.4 Å². The maximum absolute atomic E-state index is 12.8. The largest absolute Gasteiger partial charge is 0.364 e. The summed E-state index contributed by atoms with van der Waals surface area (Å²) in [6, 6.07) is 5.53. The Kier molecular flexibility index (Phi) is 6.81. The second-order valence-electron chi connectivity index (χ2n) is 6.55. The SMILES string of the molecule is Cc1cccc(NC(=O)[C@@H]2CC[C@H](CN)O2)c1C(=O)N1CCCC1.Cl. The molecule has 2 heterocycles. The Hall–Kier alpha value is -1.63. The molecule has 0 saturated carbocycles. The summed E-state index contributed by atoms with van der Waals surface area (Å²) in [6.07, 6.45) is 2.99. The molecule has 7 heteroatoms. The van der Waals surface area contributed by atoms with Crippen molar-refractivity contribution in [2.75, 3.05) is 25.0 Å². The number of anilines is 1. The van der Waals surface area contributed by atoms with Gasteiger partial charge in [0.05, 0.1) is 17.4 Å². The number of carbonyl (C=O) groups excluding carboxylic acids is 2. The van der Waals surface area contributed by atoms with Crippen LogP contribution in [0.1, 0.15) is 41.6 Å². The second kappa shape index (κ2) is 8.65. The first-order chi connectivity index (χ1) is 11.6. The minimum atomic E-state index is -0.492. The first-order valence-electron chi connectivity index (χ1n) is 8.65. The van der Waals surface area contributed by atoms with E-state index in [2.05, 4.69) is 5.32 Å². The molecule has 2 fully saturated rings. The fourth-order valence-corrected chi connectivity index (χ4v) is 3.42. The van der Waals surface area contributed by atoms with Crippen molar-refractivity contribution in [1.82, 2.24) is 4.90 Å². The lowest BCUT2D eigenvalue weighted by atomic mass is 10.0. The van der Waals surface area contributed by atoms with Crippen LogP contribution in [0.4, 0.5) is 5.69 Å². The lowest BCUT2D eigenvalue weighted by Gasteiger charge is -2.20. The summed E-state index contributed by atoms with van der Waals surface area (Å²) >= 11 is 0. The molecule has 3 rings (SSSR count). The van der Waals surface area contributed by atoms with Crippen molar-refractivity contribution in [1.29, 1.82) is 0 Å². The number of rotatable bonds is 4. The summed E-state index contributed by atoms with van der Waals surface area (Å²) in [6.45, 7) is 3.89. The number of halogens is 1. The average Bonchev–Trinajstić information content (AvgIpc) is 3.26. The van der Waals surface area contributed by atoms with Crippen molar-refractivity contribution in [3.05, 3.63) is 29.3 Å². The number of hydrogen-bond donors (Lipinski definition) is 2. The summed E-state index contributed by atoms with van der Waals surface area (Å²) in [5.74, 6) is -0.208. The summed E-state index contributed by atoms with van der Waals surface area (Å²) < 4.78 is 5.64. The van der Waals surface area contributed by atoms with Crippen molar-refractivity contribution in [2.45, 2.75) is 44.8 Å². The lowest BCUT2D eigenvalue weighted by molar-refractivity contribution is -0.126. The van der Waals surface area contributed by atoms with Gasteiger partial charge in [0, 0.05) is 19.6 Å². The molecule has 1 aromatic carbocycles. The Morgan fingerprint density at radius 3 is 2.64 bits per heavy atom.